The van der Waals surface area contributed by atoms with Crippen LogP contribution in [0.3, 0.4) is 0 Å². The van der Waals surface area contributed by atoms with Gasteiger partial charge in [-0.2, -0.15) is 0 Å². The van der Waals surface area contributed by atoms with Gasteiger partial charge in [0.15, 0.2) is 0 Å². The highest BCUT2D eigenvalue weighted by Crippen LogP contribution is 2.18. The van der Waals surface area contributed by atoms with E-state index in [-0.39, 0.29) is 17.8 Å². The van der Waals surface area contributed by atoms with Crippen LogP contribution in [0.25, 0.3) is 5.69 Å². The molecule has 1 aromatic heterocycles. The number of carbonyl (C=O) groups excluding carboxylic acids is 1. The molecule has 2 heterocycles. The molecule has 1 fully saturated rings. The first-order valence-corrected chi connectivity index (χ1v) is 10.5. The normalized spacial score (nSPS) is 16.7. The van der Waals surface area contributed by atoms with Gasteiger partial charge in [-0.3, -0.25) is 4.79 Å². The molecule has 3 aromatic rings. The number of hydrogen-bond donors (Lipinski definition) is 0. The number of carbonyl (C=O) groups is 1. The number of likely N-dealkylation sites (N-methyl/N-ethyl adjacent to an activating group) is 2. The molecule has 0 spiro atoms. The largest absolute Gasteiger partial charge is 0.335 e. The number of benzene rings is 2. The van der Waals surface area contributed by atoms with Crippen LogP contribution in [-0.2, 0) is 12.8 Å². The summed E-state index contributed by atoms with van der Waals surface area (Å²) in [6, 6.07) is 18.7. The predicted octanol–water partition coefficient (Wildman–Crippen LogP) is 3.14. The fraction of sp³-hybridized carbons (Fsp3) is 0.375. The van der Waals surface area contributed by atoms with Crippen molar-refractivity contribution < 1.29 is 4.79 Å². The van der Waals surface area contributed by atoms with Crippen molar-refractivity contribution in [1.82, 2.24) is 24.6 Å². The second-order valence-corrected chi connectivity index (χ2v) is 8.21. The fourth-order valence-corrected chi connectivity index (χ4v) is 4.02. The average molecular weight is 404 g/mol. The molecule has 6 nitrogen and oxygen atoms in total. The van der Waals surface area contributed by atoms with Crippen LogP contribution in [0.5, 0.6) is 0 Å². The van der Waals surface area contributed by atoms with Crippen LogP contribution < -0.4 is 0 Å². The lowest BCUT2D eigenvalue weighted by molar-refractivity contribution is 0.0725. The third-order valence-electron chi connectivity index (χ3n) is 5.83. The molecule has 30 heavy (non-hydrogen) atoms. The van der Waals surface area contributed by atoms with E-state index in [4.69, 9.17) is 0 Å². The van der Waals surface area contributed by atoms with Crippen molar-refractivity contribution in [2.24, 2.45) is 0 Å². The van der Waals surface area contributed by atoms with E-state index in [0.717, 1.165) is 43.0 Å². The molecule has 1 aliphatic heterocycles. The number of amides is 1. The van der Waals surface area contributed by atoms with Crippen molar-refractivity contribution in [3.8, 4) is 5.69 Å². The SMILES string of the molecule is Cc1cccc(-n2nc(C(=O)N(C)[C@@H]3CCN(C)C3)nc2CCc2ccccc2)c1. The molecule has 1 atom stereocenters. The van der Waals surface area contributed by atoms with E-state index < -0.39 is 0 Å². The van der Waals surface area contributed by atoms with Gasteiger partial charge in [0, 0.05) is 26.1 Å². The predicted molar refractivity (Wildman–Crippen MR) is 118 cm³/mol. The molecule has 1 aliphatic rings. The summed E-state index contributed by atoms with van der Waals surface area (Å²) < 4.78 is 1.83. The van der Waals surface area contributed by atoms with Crippen LogP contribution in [0.1, 0.15) is 34.0 Å². The highest BCUT2D eigenvalue weighted by atomic mass is 16.2. The lowest BCUT2D eigenvalue weighted by atomic mass is 10.1. The van der Waals surface area contributed by atoms with Gasteiger partial charge in [-0.25, -0.2) is 9.67 Å². The van der Waals surface area contributed by atoms with Gasteiger partial charge in [0.05, 0.1) is 5.69 Å². The zero-order valence-corrected chi connectivity index (χ0v) is 18.0. The summed E-state index contributed by atoms with van der Waals surface area (Å²) in [5.41, 5.74) is 3.33. The fourth-order valence-electron chi connectivity index (χ4n) is 4.02. The van der Waals surface area contributed by atoms with Crippen LogP contribution in [0.15, 0.2) is 54.6 Å². The van der Waals surface area contributed by atoms with E-state index in [1.54, 1.807) is 4.90 Å². The topological polar surface area (TPSA) is 54.3 Å². The van der Waals surface area contributed by atoms with Crippen molar-refractivity contribution in [3.63, 3.8) is 0 Å². The highest BCUT2D eigenvalue weighted by Gasteiger charge is 2.29. The Morgan fingerprint density at radius 2 is 1.93 bits per heavy atom. The molecule has 1 saturated heterocycles. The lowest BCUT2D eigenvalue weighted by Gasteiger charge is -2.22. The second kappa shape index (κ2) is 8.79. The van der Waals surface area contributed by atoms with Gasteiger partial charge >= 0.3 is 0 Å². The first-order valence-electron chi connectivity index (χ1n) is 10.5. The molecule has 0 radical (unpaired) electrons. The van der Waals surface area contributed by atoms with Crippen molar-refractivity contribution >= 4 is 5.91 Å². The monoisotopic (exact) mass is 403 g/mol. The molecule has 0 unspecified atom stereocenters. The third kappa shape index (κ3) is 4.44. The van der Waals surface area contributed by atoms with E-state index in [9.17, 15) is 4.79 Å². The van der Waals surface area contributed by atoms with Crippen LogP contribution in [-0.4, -0.2) is 63.7 Å². The number of rotatable bonds is 6. The Morgan fingerprint density at radius 1 is 1.13 bits per heavy atom. The van der Waals surface area contributed by atoms with E-state index in [2.05, 4.69) is 53.2 Å². The first-order chi connectivity index (χ1) is 14.5. The minimum Gasteiger partial charge on any atom is -0.335 e. The van der Waals surface area contributed by atoms with E-state index in [0.29, 0.717) is 6.42 Å². The summed E-state index contributed by atoms with van der Waals surface area (Å²) in [6.45, 7) is 3.96. The Morgan fingerprint density at radius 3 is 2.63 bits per heavy atom. The summed E-state index contributed by atoms with van der Waals surface area (Å²) >= 11 is 0. The minimum absolute atomic E-state index is 0.109. The minimum atomic E-state index is -0.109. The molecule has 0 N–H and O–H groups in total. The standard InChI is InChI=1S/C24H29N5O/c1-18-8-7-11-20(16-18)29-22(13-12-19-9-5-4-6-10-19)25-23(26-29)24(30)28(3)21-14-15-27(2)17-21/h4-11,16,21H,12-15,17H2,1-3H3/t21-/m1/s1. The number of nitrogens with zero attached hydrogens (tertiary/aromatic N) is 5. The van der Waals surface area contributed by atoms with Crippen molar-refractivity contribution in [2.75, 3.05) is 27.2 Å². The molecule has 0 saturated carbocycles. The van der Waals surface area contributed by atoms with Gasteiger partial charge in [-0.15, -0.1) is 5.10 Å². The van der Waals surface area contributed by atoms with Gasteiger partial charge in [0.2, 0.25) is 5.82 Å². The molecule has 0 aliphatic carbocycles. The molecule has 4 rings (SSSR count). The van der Waals surface area contributed by atoms with Crippen molar-refractivity contribution in [2.45, 2.75) is 32.2 Å². The Kier molecular flexibility index (Phi) is 5.95. The smallest absolute Gasteiger partial charge is 0.293 e. The Balaban J connectivity index is 1.62. The highest BCUT2D eigenvalue weighted by molar-refractivity contribution is 5.90. The van der Waals surface area contributed by atoms with Crippen molar-refractivity contribution in [3.05, 3.63) is 77.4 Å². The van der Waals surface area contributed by atoms with Crippen LogP contribution in [0.2, 0.25) is 0 Å². The Bertz CT molecular complexity index is 1010. The number of hydrogen-bond acceptors (Lipinski definition) is 4. The van der Waals surface area contributed by atoms with Crippen molar-refractivity contribution in [1.29, 1.82) is 0 Å². The molecule has 1 amide bonds. The maximum atomic E-state index is 13.1. The quantitative estimate of drug-likeness (QED) is 0.635. The first kappa shape index (κ1) is 20.3. The number of aromatic nitrogens is 3. The van der Waals surface area contributed by atoms with Gasteiger partial charge in [0.1, 0.15) is 5.82 Å². The summed E-state index contributed by atoms with van der Waals surface area (Å²) in [6.07, 6.45) is 2.55. The summed E-state index contributed by atoms with van der Waals surface area (Å²) in [7, 11) is 3.95. The summed E-state index contributed by atoms with van der Waals surface area (Å²) in [5.74, 6) is 0.976. The second-order valence-electron chi connectivity index (χ2n) is 8.21. The summed E-state index contributed by atoms with van der Waals surface area (Å²) in [4.78, 5) is 21.9. The molecule has 6 heteroatoms. The zero-order valence-electron chi connectivity index (χ0n) is 18.0. The Labute approximate surface area is 178 Å². The third-order valence-corrected chi connectivity index (χ3v) is 5.83. The van der Waals surface area contributed by atoms with Crippen LogP contribution in [0.4, 0.5) is 0 Å². The van der Waals surface area contributed by atoms with Gasteiger partial charge in [-0.05, 0) is 56.6 Å². The average Bonchev–Trinajstić information content (AvgIpc) is 3.38. The van der Waals surface area contributed by atoms with E-state index >= 15 is 0 Å². The van der Waals surface area contributed by atoms with Crippen LogP contribution in [0, 0.1) is 6.92 Å². The molecule has 156 valence electrons. The van der Waals surface area contributed by atoms with Gasteiger partial charge in [-0.1, -0.05) is 42.5 Å². The summed E-state index contributed by atoms with van der Waals surface area (Å²) in [5, 5.41) is 4.65. The maximum absolute atomic E-state index is 13.1. The lowest BCUT2D eigenvalue weighted by Crippen LogP contribution is -2.39. The van der Waals surface area contributed by atoms with Gasteiger partial charge < -0.3 is 9.80 Å². The zero-order chi connectivity index (χ0) is 21.1. The maximum Gasteiger partial charge on any atom is 0.293 e. The number of aryl methyl sites for hydroxylation is 3. The van der Waals surface area contributed by atoms with E-state index in [1.165, 1.54) is 5.56 Å². The van der Waals surface area contributed by atoms with E-state index in [1.807, 2.05) is 42.1 Å². The van der Waals surface area contributed by atoms with Crippen LogP contribution >= 0.6 is 0 Å². The molecular weight excluding hydrogens is 374 g/mol. The van der Waals surface area contributed by atoms with Gasteiger partial charge in [0.25, 0.3) is 5.91 Å². The molecule has 0 bridgehead atoms. The molecule has 2 aromatic carbocycles. The Hall–Kier alpha value is -2.99. The number of likely N-dealkylation sites (tertiary alicyclic amines) is 1. The molecular formula is C24H29N5O.